The van der Waals surface area contributed by atoms with Gasteiger partial charge in [-0.3, -0.25) is 13.9 Å². The summed E-state index contributed by atoms with van der Waals surface area (Å²) in [5.41, 5.74) is 4.75. The van der Waals surface area contributed by atoms with Crippen LogP contribution in [0.1, 0.15) is 53.5 Å². The van der Waals surface area contributed by atoms with Crippen molar-refractivity contribution < 1.29 is 18.0 Å². The van der Waals surface area contributed by atoms with Crippen LogP contribution in [-0.4, -0.2) is 43.8 Å². The average molecular weight is 672 g/mol. The fourth-order valence-electron chi connectivity index (χ4n) is 5.91. The fourth-order valence-corrected chi connectivity index (χ4v) is 7.50. The summed E-state index contributed by atoms with van der Waals surface area (Å²) < 4.78 is 29.6. The fraction of sp³-hybridized carbons (Fsp3) is 0.316. The van der Waals surface area contributed by atoms with E-state index in [1.165, 1.54) is 17.0 Å². The van der Waals surface area contributed by atoms with Gasteiger partial charge < -0.3 is 10.2 Å². The van der Waals surface area contributed by atoms with Crippen molar-refractivity contribution in [3.63, 3.8) is 0 Å². The molecular weight excluding hydrogens is 630 g/mol. The van der Waals surface area contributed by atoms with Crippen molar-refractivity contribution in [2.24, 2.45) is 0 Å². The number of hydrogen-bond donors (Lipinski definition) is 1. The third kappa shape index (κ3) is 8.62. The molecule has 1 atom stereocenters. The van der Waals surface area contributed by atoms with Crippen LogP contribution < -0.4 is 9.62 Å². The van der Waals surface area contributed by atoms with Crippen LogP contribution in [0.3, 0.4) is 0 Å². The predicted octanol–water partition coefficient (Wildman–Crippen LogP) is 7.16. The van der Waals surface area contributed by atoms with Crippen LogP contribution in [0.25, 0.3) is 0 Å². The van der Waals surface area contributed by atoms with E-state index in [-0.39, 0.29) is 35.5 Å². The lowest BCUT2D eigenvalue weighted by Gasteiger charge is -2.34. The average Bonchev–Trinajstić information content (AvgIpc) is 3.57. The Labute approximate surface area is 283 Å². The second kappa shape index (κ2) is 15.2. The van der Waals surface area contributed by atoms with Crippen LogP contribution >= 0.6 is 11.6 Å². The highest BCUT2D eigenvalue weighted by Gasteiger charge is 2.35. The molecule has 5 rings (SSSR count). The van der Waals surface area contributed by atoms with Gasteiger partial charge in [-0.05, 0) is 74.6 Å². The minimum Gasteiger partial charge on any atom is -0.352 e. The molecular formula is C38H42ClN3O4S. The molecule has 4 aromatic carbocycles. The van der Waals surface area contributed by atoms with Gasteiger partial charge in [0.05, 0.1) is 10.6 Å². The number of rotatable bonds is 12. The molecule has 0 heterocycles. The van der Waals surface area contributed by atoms with Crippen molar-refractivity contribution in [2.75, 3.05) is 10.8 Å². The maximum atomic E-state index is 14.7. The molecule has 9 heteroatoms. The van der Waals surface area contributed by atoms with E-state index in [2.05, 4.69) is 5.32 Å². The summed E-state index contributed by atoms with van der Waals surface area (Å²) in [4.78, 5) is 30.4. The zero-order chi connectivity index (χ0) is 33.6. The lowest BCUT2D eigenvalue weighted by Crippen LogP contribution is -2.54. The van der Waals surface area contributed by atoms with E-state index in [0.717, 1.165) is 57.8 Å². The van der Waals surface area contributed by atoms with Gasteiger partial charge in [0, 0.05) is 24.0 Å². The molecule has 1 fully saturated rings. The molecule has 246 valence electrons. The monoisotopic (exact) mass is 671 g/mol. The highest BCUT2D eigenvalue weighted by molar-refractivity contribution is 7.92. The summed E-state index contributed by atoms with van der Waals surface area (Å²) in [5.74, 6) is -0.743. The molecule has 0 unspecified atom stereocenters. The van der Waals surface area contributed by atoms with Gasteiger partial charge in [0.1, 0.15) is 12.6 Å². The maximum absolute atomic E-state index is 14.7. The minimum atomic E-state index is -4.20. The van der Waals surface area contributed by atoms with Crippen molar-refractivity contribution in [1.29, 1.82) is 0 Å². The van der Waals surface area contributed by atoms with Gasteiger partial charge in [0.25, 0.3) is 10.0 Å². The first-order chi connectivity index (χ1) is 22.5. The Morgan fingerprint density at radius 3 is 2.06 bits per heavy atom. The summed E-state index contributed by atoms with van der Waals surface area (Å²) in [7, 11) is -4.20. The topological polar surface area (TPSA) is 86.8 Å². The zero-order valence-electron chi connectivity index (χ0n) is 27.2. The number of anilines is 1. The predicted molar refractivity (Wildman–Crippen MR) is 188 cm³/mol. The number of nitrogens with zero attached hydrogens (tertiary/aromatic N) is 2. The Kier molecular flexibility index (Phi) is 11.0. The number of sulfonamides is 1. The standard InChI is InChI=1S/C38H42ClN3O4S/c1-27-13-18-31(19-14-27)25-41(36(23-30-9-5-4-6-10-30)38(44)40-32-11-7-8-12-32)37(43)26-42(33-20-17-29(3)35(39)24-33)47(45,46)34-21-15-28(2)16-22-34/h4-6,9-10,13-22,24,32,36H,7-8,11-12,23,25-26H2,1-3H3,(H,40,44)/t36-/m0/s1. The number of hydrogen-bond acceptors (Lipinski definition) is 4. The number of halogens is 1. The maximum Gasteiger partial charge on any atom is 0.264 e. The molecule has 7 nitrogen and oxygen atoms in total. The normalized spacial score (nSPS) is 14.0. The zero-order valence-corrected chi connectivity index (χ0v) is 28.7. The Balaban J connectivity index is 1.57. The first kappa shape index (κ1) is 34.2. The van der Waals surface area contributed by atoms with E-state index in [1.807, 2.05) is 75.4 Å². The van der Waals surface area contributed by atoms with Crippen molar-refractivity contribution in [3.05, 3.63) is 130 Å². The number of carbonyl (C=O) groups is 2. The van der Waals surface area contributed by atoms with E-state index in [4.69, 9.17) is 11.6 Å². The number of benzene rings is 4. The van der Waals surface area contributed by atoms with Crippen LogP contribution in [0.4, 0.5) is 5.69 Å². The van der Waals surface area contributed by atoms with E-state index in [0.29, 0.717) is 5.02 Å². The van der Waals surface area contributed by atoms with Crippen molar-refractivity contribution in [3.8, 4) is 0 Å². The van der Waals surface area contributed by atoms with Crippen molar-refractivity contribution in [2.45, 2.75) is 76.4 Å². The van der Waals surface area contributed by atoms with E-state index in [9.17, 15) is 18.0 Å². The molecule has 1 aliphatic carbocycles. The second-order valence-corrected chi connectivity index (χ2v) is 14.7. The molecule has 0 radical (unpaired) electrons. The first-order valence-corrected chi connectivity index (χ1v) is 17.9. The van der Waals surface area contributed by atoms with Crippen molar-refractivity contribution >= 4 is 39.1 Å². The highest BCUT2D eigenvalue weighted by Crippen LogP contribution is 2.29. The van der Waals surface area contributed by atoms with Gasteiger partial charge in [-0.1, -0.05) is 108 Å². The molecule has 2 amide bonds. The number of aryl methyl sites for hydroxylation is 3. The molecule has 0 saturated heterocycles. The molecule has 1 N–H and O–H groups in total. The number of nitrogens with one attached hydrogen (secondary N) is 1. The number of amides is 2. The van der Waals surface area contributed by atoms with Gasteiger partial charge in [-0.2, -0.15) is 0 Å². The van der Waals surface area contributed by atoms with Gasteiger partial charge in [-0.15, -0.1) is 0 Å². The Morgan fingerprint density at radius 2 is 1.45 bits per heavy atom. The smallest absolute Gasteiger partial charge is 0.264 e. The first-order valence-electron chi connectivity index (χ1n) is 16.1. The van der Waals surface area contributed by atoms with Crippen molar-refractivity contribution in [1.82, 2.24) is 10.2 Å². The Hall–Kier alpha value is -4.14. The lowest BCUT2D eigenvalue weighted by atomic mass is 10.0. The largest absolute Gasteiger partial charge is 0.352 e. The van der Waals surface area contributed by atoms with Crippen LogP contribution in [0.5, 0.6) is 0 Å². The quantitative estimate of drug-likeness (QED) is 0.173. The summed E-state index contributed by atoms with van der Waals surface area (Å²) in [6, 6.07) is 28.0. The molecule has 1 aliphatic rings. The van der Waals surface area contributed by atoms with Gasteiger partial charge in [0.15, 0.2) is 0 Å². The highest BCUT2D eigenvalue weighted by atomic mass is 35.5. The van der Waals surface area contributed by atoms with Crippen LogP contribution in [0.15, 0.2) is 102 Å². The second-order valence-electron chi connectivity index (χ2n) is 12.5. The summed E-state index contributed by atoms with van der Waals surface area (Å²) in [5, 5.41) is 3.59. The molecule has 0 spiro atoms. The third-order valence-corrected chi connectivity index (χ3v) is 11.0. The minimum absolute atomic E-state index is 0.0465. The van der Waals surface area contributed by atoms with E-state index in [1.54, 1.807) is 30.3 Å². The van der Waals surface area contributed by atoms with Gasteiger partial charge >= 0.3 is 0 Å². The molecule has 0 bridgehead atoms. The molecule has 0 aliphatic heterocycles. The lowest BCUT2D eigenvalue weighted by molar-refractivity contribution is -0.140. The molecule has 1 saturated carbocycles. The SMILES string of the molecule is Cc1ccc(CN(C(=O)CN(c2ccc(C)c(Cl)c2)S(=O)(=O)c2ccc(C)cc2)[C@@H](Cc2ccccc2)C(=O)NC2CCCC2)cc1. The Morgan fingerprint density at radius 1 is 0.830 bits per heavy atom. The number of carbonyl (C=O) groups excluding carboxylic acids is 2. The molecule has 0 aromatic heterocycles. The van der Waals surface area contributed by atoms with E-state index >= 15 is 0 Å². The van der Waals surface area contributed by atoms with E-state index < -0.39 is 28.5 Å². The van der Waals surface area contributed by atoms with Gasteiger partial charge in [-0.25, -0.2) is 8.42 Å². The Bertz CT molecular complexity index is 1790. The van der Waals surface area contributed by atoms with Gasteiger partial charge in [0.2, 0.25) is 11.8 Å². The summed E-state index contributed by atoms with van der Waals surface area (Å²) in [6.45, 7) is 5.30. The van der Waals surface area contributed by atoms with Crippen LogP contribution in [0, 0.1) is 20.8 Å². The van der Waals surface area contributed by atoms with Crippen LogP contribution in [-0.2, 0) is 32.6 Å². The molecule has 47 heavy (non-hydrogen) atoms. The van der Waals surface area contributed by atoms with Crippen LogP contribution in [0.2, 0.25) is 5.02 Å². The summed E-state index contributed by atoms with van der Waals surface area (Å²) >= 11 is 6.49. The molecule has 4 aromatic rings. The third-order valence-electron chi connectivity index (χ3n) is 8.78. The summed E-state index contributed by atoms with van der Waals surface area (Å²) in [6.07, 6.45) is 4.16.